The van der Waals surface area contributed by atoms with E-state index in [4.69, 9.17) is 0 Å². The van der Waals surface area contributed by atoms with E-state index in [0.717, 1.165) is 53.4 Å². The first-order valence-electron chi connectivity index (χ1n) is 18.5. The van der Waals surface area contributed by atoms with Crippen molar-refractivity contribution in [2.45, 2.75) is 78.2 Å². The number of rotatable bonds is 12. The summed E-state index contributed by atoms with van der Waals surface area (Å²) in [6, 6.07) is 15.7. The summed E-state index contributed by atoms with van der Waals surface area (Å²) in [6.07, 6.45) is 15.9. The second kappa shape index (κ2) is 17.1. The van der Waals surface area contributed by atoms with Crippen LogP contribution in [0.25, 0.3) is 17.0 Å². The number of allylic oxidation sites excluding steroid dienone is 2. The van der Waals surface area contributed by atoms with E-state index in [0.29, 0.717) is 11.5 Å². The van der Waals surface area contributed by atoms with Crippen molar-refractivity contribution < 1.29 is 28.3 Å². The van der Waals surface area contributed by atoms with Crippen molar-refractivity contribution in [1.29, 1.82) is 0 Å². The van der Waals surface area contributed by atoms with Crippen molar-refractivity contribution in [3.05, 3.63) is 119 Å². The van der Waals surface area contributed by atoms with Crippen LogP contribution in [0, 0.1) is 36.3 Å². The molecular formula is C43H46F2N4O4. The van der Waals surface area contributed by atoms with Crippen LogP contribution in [0.4, 0.5) is 14.5 Å². The lowest BCUT2D eigenvalue weighted by atomic mass is 9.71. The summed E-state index contributed by atoms with van der Waals surface area (Å²) < 4.78 is 28.5. The van der Waals surface area contributed by atoms with Gasteiger partial charge >= 0.3 is 5.97 Å². The Kier molecular flexibility index (Phi) is 12.1. The van der Waals surface area contributed by atoms with E-state index in [1.807, 2.05) is 36.7 Å². The van der Waals surface area contributed by atoms with Crippen LogP contribution in [0.3, 0.4) is 0 Å². The molecular weight excluding hydrogens is 674 g/mol. The Morgan fingerprint density at radius 3 is 2.19 bits per heavy atom. The third-order valence-corrected chi connectivity index (χ3v) is 10.9. The molecule has 2 amide bonds. The van der Waals surface area contributed by atoms with Crippen LogP contribution < -0.4 is 5.32 Å². The Morgan fingerprint density at radius 1 is 0.868 bits per heavy atom. The fraction of sp³-hybridized carbons (Fsp3) is 0.372. The minimum atomic E-state index is -1.16. The zero-order valence-electron chi connectivity index (χ0n) is 30.3. The maximum Gasteiger partial charge on any atom is 0.323 e. The molecule has 0 saturated heterocycles. The van der Waals surface area contributed by atoms with Gasteiger partial charge in [-0.05, 0) is 104 Å². The van der Waals surface area contributed by atoms with Gasteiger partial charge in [0.2, 0.25) is 5.91 Å². The topological polar surface area (TPSA) is 112 Å². The van der Waals surface area contributed by atoms with Gasteiger partial charge in [0, 0.05) is 46.9 Å². The Hall–Kier alpha value is -5.25. The van der Waals surface area contributed by atoms with Crippen LogP contribution in [0.5, 0.6) is 0 Å². The first kappa shape index (κ1) is 37.5. The quantitative estimate of drug-likeness (QED) is 0.151. The maximum absolute atomic E-state index is 14.4. The molecule has 2 aliphatic rings. The molecule has 1 unspecified atom stereocenters. The second-order valence-electron chi connectivity index (χ2n) is 14.5. The van der Waals surface area contributed by atoms with Crippen LogP contribution in [-0.2, 0) is 22.6 Å². The minimum absolute atomic E-state index is 0.0481. The average Bonchev–Trinajstić information content (AvgIpc) is 3.18. The van der Waals surface area contributed by atoms with Gasteiger partial charge in [-0.2, -0.15) is 0 Å². The van der Waals surface area contributed by atoms with Gasteiger partial charge in [0.05, 0.1) is 6.42 Å². The maximum atomic E-state index is 14.4. The molecule has 8 nitrogen and oxygen atoms in total. The molecule has 1 atom stereocenters. The predicted molar refractivity (Wildman–Crippen MR) is 201 cm³/mol. The number of carbonyl (C=O) groups excluding carboxylic acids is 2. The molecule has 2 aliphatic carbocycles. The molecule has 10 heteroatoms. The third kappa shape index (κ3) is 9.41. The minimum Gasteiger partial charge on any atom is -0.480 e. The summed E-state index contributed by atoms with van der Waals surface area (Å²) in [7, 11) is 0. The van der Waals surface area contributed by atoms with Gasteiger partial charge in [0.1, 0.15) is 18.2 Å². The zero-order valence-corrected chi connectivity index (χ0v) is 30.3. The number of nitrogens with one attached hydrogen (secondary N) is 1. The summed E-state index contributed by atoms with van der Waals surface area (Å²) in [5.41, 5.74) is 4.36. The van der Waals surface area contributed by atoms with Crippen LogP contribution in [0.15, 0.2) is 79.1 Å². The summed E-state index contributed by atoms with van der Waals surface area (Å²) in [5.74, 6) is -0.717. The van der Waals surface area contributed by atoms with Gasteiger partial charge in [-0.15, -0.1) is 0 Å². The molecule has 1 heterocycles. The summed E-state index contributed by atoms with van der Waals surface area (Å²) >= 11 is 0. The van der Waals surface area contributed by atoms with Gasteiger partial charge in [-0.25, -0.2) is 18.7 Å². The fourth-order valence-electron chi connectivity index (χ4n) is 7.72. The number of amides is 2. The normalized spacial score (nSPS) is 18.6. The number of carbonyl (C=O) groups is 3. The van der Waals surface area contributed by atoms with Crippen molar-refractivity contribution in [2.75, 3.05) is 11.9 Å². The Balaban J connectivity index is 1.04. The van der Waals surface area contributed by atoms with Crippen molar-refractivity contribution >= 4 is 29.0 Å². The predicted octanol–water partition coefficient (Wildman–Crippen LogP) is 9.04. The van der Waals surface area contributed by atoms with E-state index in [1.165, 1.54) is 86.3 Å². The van der Waals surface area contributed by atoms with Gasteiger partial charge in [0.25, 0.3) is 5.91 Å². The monoisotopic (exact) mass is 720 g/mol. The Morgan fingerprint density at radius 2 is 1.57 bits per heavy atom. The molecule has 1 aromatic heterocycles. The first-order chi connectivity index (χ1) is 25.6. The van der Waals surface area contributed by atoms with Crippen LogP contribution >= 0.6 is 0 Å². The van der Waals surface area contributed by atoms with Gasteiger partial charge < -0.3 is 15.3 Å². The molecule has 6 rings (SSSR count). The van der Waals surface area contributed by atoms with Gasteiger partial charge in [-0.1, -0.05) is 62.6 Å². The van der Waals surface area contributed by atoms with E-state index < -0.39 is 42.4 Å². The first-order valence-corrected chi connectivity index (χ1v) is 18.5. The number of carboxylic acid groups (broad SMARTS) is 1. The highest BCUT2D eigenvalue weighted by molar-refractivity contribution is 5.97. The zero-order chi connectivity index (χ0) is 37.5. The lowest BCUT2D eigenvalue weighted by Gasteiger charge is -2.35. The lowest BCUT2D eigenvalue weighted by molar-refractivity contribution is -0.137. The highest BCUT2D eigenvalue weighted by Gasteiger charge is 2.28. The second-order valence-corrected chi connectivity index (χ2v) is 14.5. The number of nitrogens with zero attached hydrogens (tertiary/aromatic N) is 3. The number of aryl methyl sites for hydroxylation is 1. The van der Waals surface area contributed by atoms with Crippen LogP contribution in [0.2, 0.25) is 0 Å². The molecule has 2 N–H and O–H groups in total. The van der Waals surface area contributed by atoms with Crippen molar-refractivity contribution in [3.8, 4) is 11.4 Å². The highest BCUT2D eigenvalue weighted by atomic mass is 19.1. The molecule has 276 valence electrons. The summed E-state index contributed by atoms with van der Waals surface area (Å²) in [5, 5.41) is 12.1. The molecule has 0 radical (unpaired) electrons. The van der Waals surface area contributed by atoms with E-state index >= 15 is 0 Å². The summed E-state index contributed by atoms with van der Waals surface area (Å²) in [4.78, 5) is 48.2. The van der Waals surface area contributed by atoms with E-state index in [9.17, 15) is 28.3 Å². The number of hydrogen-bond donors (Lipinski definition) is 2. The van der Waals surface area contributed by atoms with Crippen molar-refractivity contribution in [3.63, 3.8) is 0 Å². The number of carboxylic acids is 1. The van der Waals surface area contributed by atoms with E-state index in [2.05, 4.69) is 28.3 Å². The molecule has 0 aliphatic heterocycles. The van der Waals surface area contributed by atoms with E-state index in [1.54, 1.807) is 0 Å². The molecule has 53 heavy (non-hydrogen) atoms. The van der Waals surface area contributed by atoms with Crippen LogP contribution in [0.1, 0.15) is 90.9 Å². The average molecular weight is 721 g/mol. The Labute approximate surface area is 309 Å². The van der Waals surface area contributed by atoms with Crippen LogP contribution in [-0.4, -0.2) is 44.3 Å². The molecule has 0 spiro atoms. The summed E-state index contributed by atoms with van der Waals surface area (Å²) in [6.45, 7) is 3.33. The lowest BCUT2D eigenvalue weighted by Crippen LogP contribution is -2.35. The highest BCUT2D eigenvalue weighted by Crippen LogP contribution is 2.41. The number of aromatic nitrogens is 2. The largest absolute Gasteiger partial charge is 0.480 e. The standard InChI is InChI=1S/C43H46F2N4O4/c1-3-28-5-9-30(10-6-28)31-13-15-32(16-14-31)35-23-46-42(47-24-35)33-11-7-29(8-12-33)25-49(26-40(51)52)43(53)34-17-19-36(20-18-34)48-39(50)22-37-38(44)21-4-27(2)41(37)45/h4,7-8,11-12,15,17-21,23-24,28,30-31H,3,5-6,9-10,13-14,16,22,25-26H2,1-2H3,(H,48,50)(H,51,52). The number of hydrogen-bond acceptors (Lipinski definition) is 5. The van der Waals surface area contributed by atoms with Gasteiger partial charge in [-0.3, -0.25) is 14.4 Å². The molecule has 0 bridgehead atoms. The molecule has 3 aromatic carbocycles. The molecule has 1 saturated carbocycles. The fourth-order valence-corrected chi connectivity index (χ4v) is 7.72. The SMILES string of the molecule is CCC1CCC(C2CC=C(c3cnc(-c4ccc(CN(CC(=O)O)C(=O)c5ccc(NC(=O)Cc6c(F)ccc(C)c6F)cc5)cc4)nc3)CC2)CC1. The van der Waals surface area contributed by atoms with E-state index in [-0.39, 0.29) is 23.2 Å². The number of benzene rings is 3. The third-order valence-electron chi connectivity index (χ3n) is 10.9. The van der Waals surface area contributed by atoms with Gasteiger partial charge in [0.15, 0.2) is 5.82 Å². The Bertz CT molecular complexity index is 1950. The molecule has 1 fully saturated rings. The smallest absolute Gasteiger partial charge is 0.323 e. The van der Waals surface area contributed by atoms with Crippen molar-refractivity contribution in [2.24, 2.45) is 17.8 Å². The van der Waals surface area contributed by atoms with Crippen molar-refractivity contribution in [1.82, 2.24) is 14.9 Å². The molecule has 4 aromatic rings. The number of anilines is 1. The number of halogens is 2. The number of aliphatic carboxylic acids is 1.